The third kappa shape index (κ3) is 4.01. The van der Waals surface area contributed by atoms with Crippen LogP contribution in [-0.4, -0.2) is 5.97 Å². The fourth-order valence-corrected chi connectivity index (χ4v) is 3.26. The Morgan fingerprint density at radius 1 is 0.880 bits per heavy atom. The van der Waals surface area contributed by atoms with Gasteiger partial charge in [-0.15, -0.1) is 0 Å². The zero-order valence-corrected chi connectivity index (χ0v) is 15.2. The standard InChI is InChI=1S/C23H26O2/c1-3-5-6-7-12-22(24)25-23-20-11-9-8-10-18(20)16-19-14-13-17(4-2)15-21(19)23/h8-11,13-16H,3-7,12H2,1-2H3. The molecular formula is C23H26O2. The molecule has 3 rings (SSSR count). The van der Waals surface area contributed by atoms with Crippen LogP contribution >= 0.6 is 0 Å². The number of esters is 1. The molecule has 25 heavy (non-hydrogen) atoms. The molecule has 0 atom stereocenters. The van der Waals surface area contributed by atoms with Gasteiger partial charge < -0.3 is 4.74 Å². The number of unbranched alkanes of at least 4 members (excludes halogenated alkanes) is 3. The molecule has 0 saturated carbocycles. The summed E-state index contributed by atoms with van der Waals surface area (Å²) in [5.41, 5.74) is 1.25. The maximum atomic E-state index is 12.4. The van der Waals surface area contributed by atoms with Crippen LogP contribution in [0.25, 0.3) is 21.5 Å². The van der Waals surface area contributed by atoms with Crippen LogP contribution in [-0.2, 0) is 11.2 Å². The Labute approximate surface area is 149 Å². The summed E-state index contributed by atoms with van der Waals surface area (Å²) in [6.07, 6.45) is 5.77. The van der Waals surface area contributed by atoms with Crippen molar-refractivity contribution in [3.05, 3.63) is 54.1 Å². The molecule has 0 aromatic heterocycles. The van der Waals surface area contributed by atoms with E-state index in [-0.39, 0.29) is 5.97 Å². The first-order valence-corrected chi connectivity index (χ1v) is 9.38. The Balaban J connectivity index is 1.98. The van der Waals surface area contributed by atoms with Crippen molar-refractivity contribution < 1.29 is 9.53 Å². The van der Waals surface area contributed by atoms with Gasteiger partial charge in [0.1, 0.15) is 5.75 Å². The Morgan fingerprint density at radius 2 is 1.68 bits per heavy atom. The number of hydrogen-bond acceptors (Lipinski definition) is 2. The molecule has 0 radical (unpaired) electrons. The summed E-state index contributed by atoms with van der Waals surface area (Å²) in [5, 5.41) is 4.25. The lowest BCUT2D eigenvalue weighted by Crippen LogP contribution is -2.08. The lowest BCUT2D eigenvalue weighted by Gasteiger charge is -2.13. The average Bonchev–Trinajstić information content (AvgIpc) is 2.64. The molecule has 0 amide bonds. The normalized spacial score (nSPS) is 11.1. The van der Waals surface area contributed by atoms with Gasteiger partial charge in [0.2, 0.25) is 0 Å². The minimum atomic E-state index is -0.129. The largest absolute Gasteiger partial charge is 0.425 e. The van der Waals surface area contributed by atoms with Gasteiger partial charge >= 0.3 is 5.97 Å². The molecule has 2 heteroatoms. The van der Waals surface area contributed by atoms with Crippen molar-refractivity contribution in [3.8, 4) is 5.75 Å². The van der Waals surface area contributed by atoms with E-state index >= 15 is 0 Å². The van der Waals surface area contributed by atoms with Gasteiger partial charge in [0, 0.05) is 17.2 Å². The van der Waals surface area contributed by atoms with Crippen LogP contribution in [0.3, 0.4) is 0 Å². The van der Waals surface area contributed by atoms with Crippen molar-refractivity contribution in [2.45, 2.75) is 52.4 Å². The van der Waals surface area contributed by atoms with Crippen LogP contribution in [0.5, 0.6) is 5.75 Å². The van der Waals surface area contributed by atoms with Gasteiger partial charge in [0.05, 0.1) is 0 Å². The van der Waals surface area contributed by atoms with Gasteiger partial charge in [0.25, 0.3) is 0 Å². The van der Waals surface area contributed by atoms with Crippen molar-refractivity contribution in [2.75, 3.05) is 0 Å². The highest BCUT2D eigenvalue weighted by molar-refractivity contribution is 6.06. The van der Waals surface area contributed by atoms with Crippen molar-refractivity contribution in [1.29, 1.82) is 0 Å². The van der Waals surface area contributed by atoms with Crippen molar-refractivity contribution in [1.82, 2.24) is 0 Å². The fraction of sp³-hybridized carbons (Fsp3) is 0.348. The smallest absolute Gasteiger partial charge is 0.311 e. The molecule has 0 heterocycles. The Kier molecular flexibility index (Phi) is 5.70. The molecular weight excluding hydrogens is 308 g/mol. The summed E-state index contributed by atoms with van der Waals surface area (Å²) in [5.74, 6) is 0.583. The summed E-state index contributed by atoms with van der Waals surface area (Å²) in [6, 6.07) is 16.7. The highest BCUT2D eigenvalue weighted by Crippen LogP contribution is 2.36. The van der Waals surface area contributed by atoms with Gasteiger partial charge in [-0.3, -0.25) is 4.79 Å². The quantitative estimate of drug-likeness (QED) is 0.215. The molecule has 0 fully saturated rings. The van der Waals surface area contributed by atoms with E-state index in [4.69, 9.17) is 4.74 Å². The van der Waals surface area contributed by atoms with Crippen LogP contribution in [0.4, 0.5) is 0 Å². The SMILES string of the molecule is CCCCCCC(=O)Oc1c2ccccc2cc2ccc(CC)cc12. The van der Waals surface area contributed by atoms with Crippen LogP contribution < -0.4 is 4.74 Å². The fourth-order valence-electron chi connectivity index (χ4n) is 3.26. The number of rotatable bonds is 7. The van der Waals surface area contributed by atoms with E-state index in [0.29, 0.717) is 12.2 Å². The zero-order valence-electron chi connectivity index (χ0n) is 15.2. The minimum absolute atomic E-state index is 0.129. The molecule has 0 bridgehead atoms. The first-order chi connectivity index (χ1) is 12.2. The number of carbonyl (C=O) groups excluding carboxylic acids is 1. The third-order valence-electron chi connectivity index (χ3n) is 4.74. The molecule has 0 aliphatic rings. The van der Waals surface area contributed by atoms with E-state index < -0.39 is 0 Å². The number of ether oxygens (including phenoxy) is 1. The first-order valence-electron chi connectivity index (χ1n) is 9.38. The predicted molar refractivity (Wildman–Crippen MR) is 105 cm³/mol. The van der Waals surface area contributed by atoms with Gasteiger partial charge in [-0.25, -0.2) is 0 Å². The van der Waals surface area contributed by atoms with E-state index in [1.165, 1.54) is 18.4 Å². The van der Waals surface area contributed by atoms with E-state index in [9.17, 15) is 4.79 Å². The molecule has 2 nitrogen and oxygen atoms in total. The lowest BCUT2D eigenvalue weighted by molar-refractivity contribution is -0.134. The van der Waals surface area contributed by atoms with Gasteiger partial charge in [-0.05, 0) is 41.3 Å². The molecule has 3 aromatic rings. The molecule has 0 aliphatic heterocycles. The van der Waals surface area contributed by atoms with Crippen LogP contribution in [0.15, 0.2) is 48.5 Å². The molecule has 0 saturated heterocycles. The lowest BCUT2D eigenvalue weighted by atomic mass is 9.99. The van der Waals surface area contributed by atoms with E-state index in [1.54, 1.807) is 0 Å². The Morgan fingerprint density at radius 3 is 2.48 bits per heavy atom. The zero-order chi connectivity index (χ0) is 17.6. The molecule has 130 valence electrons. The summed E-state index contributed by atoms with van der Waals surface area (Å²) < 4.78 is 5.88. The maximum Gasteiger partial charge on any atom is 0.311 e. The van der Waals surface area contributed by atoms with Crippen LogP contribution in [0.2, 0.25) is 0 Å². The maximum absolute atomic E-state index is 12.4. The Hall–Kier alpha value is -2.35. The molecule has 0 aliphatic carbocycles. The second kappa shape index (κ2) is 8.15. The molecule has 0 spiro atoms. The topological polar surface area (TPSA) is 26.3 Å². The number of fused-ring (bicyclic) bond motifs is 2. The second-order valence-corrected chi connectivity index (χ2v) is 6.62. The van der Waals surface area contributed by atoms with E-state index in [2.05, 4.69) is 44.2 Å². The average molecular weight is 334 g/mol. The van der Waals surface area contributed by atoms with Crippen molar-refractivity contribution in [2.24, 2.45) is 0 Å². The van der Waals surface area contributed by atoms with E-state index in [0.717, 1.165) is 40.8 Å². The van der Waals surface area contributed by atoms with Gasteiger partial charge in [-0.1, -0.05) is 69.5 Å². The van der Waals surface area contributed by atoms with Gasteiger partial charge in [-0.2, -0.15) is 0 Å². The minimum Gasteiger partial charge on any atom is -0.425 e. The van der Waals surface area contributed by atoms with Crippen LogP contribution in [0, 0.1) is 0 Å². The van der Waals surface area contributed by atoms with Crippen molar-refractivity contribution >= 4 is 27.5 Å². The highest BCUT2D eigenvalue weighted by Gasteiger charge is 2.13. The summed E-state index contributed by atoms with van der Waals surface area (Å²) in [6.45, 7) is 4.31. The first kappa shape index (κ1) is 17.5. The summed E-state index contributed by atoms with van der Waals surface area (Å²) in [7, 11) is 0. The molecule has 0 unspecified atom stereocenters. The van der Waals surface area contributed by atoms with E-state index in [1.807, 2.05) is 18.2 Å². The number of carbonyl (C=O) groups is 1. The second-order valence-electron chi connectivity index (χ2n) is 6.62. The predicted octanol–water partition coefficient (Wildman–Crippen LogP) is 6.43. The number of hydrogen-bond donors (Lipinski definition) is 0. The highest BCUT2D eigenvalue weighted by atomic mass is 16.5. The number of benzene rings is 3. The summed E-state index contributed by atoms with van der Waals surface area (Å²) >= 11 is 0. The number of aryl methyl sites for hydroxylation is 1. The molecule has 0 N–H and O–H groups in total. The van der Waals surface area contributed by atoms with Crippen LogP contribution in [0.1, 0.15) is 51.5 Å². The van der Waals surface area contributed by atoms with Gasteiger partial charge in [0.15, 0.2) is 0 Å². The monoisotopic (exact) mass is 334 g/mol. The third-order valence-corrected chi connectivity index (χ3v) is 4.74. The van der Waals surface area contributed by atoms with Crippen molar-refractivity contribution in [3.63, 3.8) is 0 Å². The Bertz CT molecular complexity index is 880. The molecule has 3 aromatic carbocycles. The summed E-state index contributed by atoms with van der Waals surface area (Å²) in [4.78, 5) is 12.4.